The van der Waals surface area contributed by atoms with E-state index in [0.29, 0.717) is 11.0 Å². The fourth-order valence-corrected chi connectivity index (χ4v) is 3.89. The van der Waals surface area contributed by atoms with Crippen molar-refractivity contribution in [2.24, 2.45) is 0 Å². The van der Waals surface area contributed by atoms with E-state index in [1.807, 2.05) is 18.2 Å². The summed E-state index contributed by atoms with van der Waals surface area (Å²) in [7, 11) is 0. The maximum absolute atomic E-state index is 6.15. The third kappa shape index (κ3) is 2.80. The van der Waals surface area contributed by atoms with E-state index in [9.17, 15) is 0 Å². The van der Waals surface area contributed by atoms with Crippen LogP contribution in [-0.4, -0.2) is 39.9 Å². The maximum atomic E-state index is 6.15. The maximum Gasteiger partial charge on any atom is 0.213 e. The molecule has 2 atom stereocenters. The molecular weight excluding hydrogens is 338 g/mol. The lowest BCUT2D eigenvalue weighted by atomic mass is 9.90. The van der Waals surface area contributed by atoms with Gasteiger partial charge in [-0.05, 0) is 18.1 Å². The van der Waals surface area contributed by atoms with Crippen LogP contribution in [0.2, 0.25) is 5.15 Å². The molecule has 0 aliphatic carbocycles. The molecule has 7 heteroatoms. The van der Waals surface area contributed by atoms with Gasteiger partial charge in [0, 0.05) is 31.3 Å². The van der Waals surface area contributed by atoms with Crippen molar-refractivity contribution in [3.05, 3.63) is 41.7 Å². The van der Waals surface area contributed by atoms with Crippen LogP contribution >= 0.6 is 11.6 Å². The molecule has 0 radical (unpaired) electrons. The largest absolute Gasteiger partial charge is 0.472 e. The number of aromatic nitrogens is 3. The highest BCUT2D eigenvalue weighted by molar-refractivity contribution is 6.29. The van der Waals surface area contributed by atoms with Gasteiger partial charge in [0.1, 0.15) is 6.10 Å². The van der Waals surface area contributed by atoms with E-state index in [-0.39, 0.29) is 11.6 Å². The molecule has 2 aromatic heterocycles. The van der Waals surface area contributed by atoms with Crippen LogP contribution in [0.5, 0.6) is 5.88 Å². The fraction of sp³-hybridized carbons (Fsp3) is 0.389. The first-order valence-corrected chi connectivity index (χ1v) is 8.81. The summed E-state index contributed by atoms with van der Waals surface area (Å²) in [4.78, 5) is 6.73. The number of rotatable bonds is 4. The zero-order chi connectivity index (χ0) is 17.4. The summed E-state index contributed by atoms with van der Waals surface area (Å²) in [6, 6.07) is 5.72. The second-order valence-corrected chi connectivity index (χ2v) is 6.91. The molecule has 0 amide bonds. The molecule has 2 aliphatic heterocycles. The van der Waals surface area contributed by atoms with Crippen LogP contribution in [0.15, 0.2) is 31.0 Å². The Labute approximate surface area is 151 Å². The molecule has 25 heavy (non-hydrogen) atoms. The summed E-state index contributed by atoms with van der Waals surface area (Å²) in [6.07, 6.45) is 5.52. The number of ether oxygens (including phenoxy) is 1. The van der Waals surface area contributed by atoms with E-state index in [2.05, 4.69) is 38.9 Å². The van der Waals surface area contributed by atoms with Crippen LogP contribution in [0.3, 0.4) is 0 Å². The van der Waals surface area contributed by atoms with E-state index in [1.165, 1.54) is 0 Å². The van der Waals surface area contributed by atoms with Gasteiger partial charge in [-0.3, -0.25) is 0 Å². The highest BCUT2D eigenvalue weighted by Gasteiger charge is 2.48. The SMILES string of the molecule is C=Cc1ccc(O[C@H]2CN3c4cc(Cl)nnc4NCC3(CC)C2)nc1. The lowest BCUT2D eigenvalue weighted by Gasteiger charge is -2.43. The van der Waals surface area contributed by atoms with Crippen molar-refractivity contribution < 1.29 is 4.74 Å². The van der Waals surface area contributed by atoms with Crippen molar-refractivity contribution in [1.29, 1.82) is 0 Å². The molecule has 2 aromatic rings. The Morgan fingerprint density at radius 1 is 1.48 bits per heavy atom. The van der Waals surface area contributed by atoms with Crippen LogP contribution in [0.4, 0.5) is 11.5 Å². The first-order valence-electron chi connectivity index (χ1n) is 8.43. The Morgan fingerprint density at radius 3 is 3.08 bits per heavy atom. The molecule has 1 unspecified atom stereocenters. The minimum absolute atomic E-state index is 0.00884. The third-order valence-corrected chi connectivity index (χ3v) is 5.31. The van der Waals surface area contributed by atoms with Gasteiger partial charge in [-0.1, -0.05) is 31.2 Å². The molecular formula is C18H20ClN5O. The van der Waals surface area contributed by atoms with Crippen molar-refractivity contribution in [2.45, 2.75) is 31.4 Å². The summed E-state index contributed by atoms with van der Waals surface area (Å²) in [5.74, 6) is 1.42. The van der Waals surface area contributed by atoms with Crippen LogP contribution < -0.4 is 15.0 Å². The highest BCUT2D eigenvalue weighted by Crippen LogP contribution is 2.44. The van der Waals surface area contributed by atoms with Crippen LogP contribution in [0.1, 0.15) is 25.3 Å². The van der Waals surface area contributed by atoms with Crippen molar-refractivity contribution in [3.63, 3.8) is 0 Å². The summed E-state index contributed by atoms with van der Waals surface area (Å²) >= 11 is 6.07. The van der Waals surface area contributed by atoms with E-state index < -0.39 is 0 Å². The van der Waals surface area contributed by atoms with Crippen molar-refractivity contribution in [3.8, 4) is 5.88 Å². The molecule has 1 saturated heterocycles. The minimum Gasteiger partial charge on any atom is -0.472 e. The molecule has 0 spiro atoms. The third-order valence-electron chi connectivity index (χ3n) is 5.13. The molecule has 0 aromatic carbocycles. The summed E-state index contributed by atoms with van der Waals surface area (Å²) in [5, 5.41) is 11.9. The first kappa shape index (κ1) is 16.1. The first-order chi connectivity index (χ1) is 12.1. The van der Waals surface area contributed by atoms with Crippen molar-refractivity contribution in [2.75, 3.05) is 23.3 Å². The summed E-state index contributed by atoms with van der Waals surface area (Å²) in [6.45, 7) is 7.54. The fourth-order valence-electron chi connectivity index (χ4n) is 3.75. The molecule has 130 valence electrons. The number of halogens is 1. The normalized spacial score (nSPS) is 24.2. The number of nitrogens with zero attached hydrogens (tertiary/aromatic N) is 4. The summed E-state index contributed by atoms with van der Waals surface area (Å²) in [5.41, 5.74) is 1.96. The zero-order valence-corrected chi connectivity index (χ0v) is 14.8. The van der Waals surface area contributed by atoms with Crippen molar-refractivity contribution >= 4 is 29.2 Å². The molecule has 0 saturated carbocycles. The average Bonchev–Trinajstić information content (AvgIpc) is 3.01. The predicted octanol–water partition coefficient (Wildman–Crippen LogP) is 3.40. The van der Waals surface area contributed by atoms with E-state index in [1.54, 1.807) is 12.3 Å². The zero-order valence-electron chi connectivity index (χ0n) is 14.1. The molecule has 1 N–H and O–H groups in total. The number of pyridine rings is 1. The van der Waals surface area contributed by atoms with Gasteiger partial charge in [0.2, 0.25) is 5.88 Å². The molecule has 0 bridgehead atoms. The van der Waals surface area contributed by atoms with Crippen LogP contribution in [0.25, 0.3) is 6.08 Å². The van der Waals surface area contributed by atoms with Gasteiger partial charge < -0.3 is 15.0 Å². The van der Waals surface area contributed by atoms with Gasteiger partial charge in [-0.2, -0.15) is 0 Å². The second-order valence-electron chi connectivity index (χ2n) is 6.52. The lowest BCUT2D eigenvalue weighted by Crippen LogP contribution is -2.52. The molecule has 6 nitrogen and oxygen atoms in total. The molecule has 4 heterocycles. The predicted molar refractivity (Wildman–Crippen MR) is 99.3 cm³/mol. The smallest absolute Gasteiger partial charge is 0.213 e. The average molecular weight is 358 g/mol. The van der Waals surface area contributed by atoms with E-state index in [4.69, 9.17) is 16.3 Å². The van der Waals surface area contributed by atoms with E-state index >= 15 is 0 Å². The molecule has 1 fully saturated rings. The monoisotopic (exact) mass is 357 g/mol. The Balaban J connectivity index is 1.59. The van der Waals surface area contributed by atoms with Crippen LogP contribution in [0, 0.1) is 0 Å². The molecule has 4 rings (SSSR count). The van der Waals surface area contributed by atoms with E-state index in [0.717, 1.165) is 43.0 Å². The number of hydrogen-bond donors (Lipinski definition) is 1. The quantitative estimate of drug-likeness (QED) is 0.904. The Hall–Kier alpha value is -2.34. The van der Waals surface area contributed by atoms with Crippen LogP contribution in [-0.2, 0) is 0 Å². The highest BCUT2D eigenvalue weighted by atomic mass is 35.5. The lowest BCUT2D eigenvalue weighted by molar-refractivity contribution is 0.202. The Morgan fingerprint density at radius 2 is 2.36 bits per heavy atom. The van der Waals surface area contributed by atoms with Gasteiger partial charge >= 0.3 is 0 Å². The summed E-state index contributed by atoms with van der Waals surface area (Å²) < 4.78 is 6.15. The molecule has 2 aliphatic rings. The number of hydrogen-bond acceptors (Lipinski definition) is 6. The topological polar surface area (TPSA) is 63.2 Å². The standard InChI is InChI=1S/C18H20ClN5O/c1-3-12-5-6-16(20-9-12)25-13-8-18(4-2)11-21-17-14(24(18)10-13)7-15(19)22-23-17/h3,5-7,9,13H,1,4,8,10-11H2,2H3,(H,21,23)/t13-,18?/m1/s1. The van der Waals surface area contributed by atoms with Gasteiger partial charge in [0.15, 0.2) is 11.0 Å². The van der Waals surface area contributed by atoms with Crippen molar-refractivity contribution in [1.82, 2.24) is 15.2 Å². The Kier molecular flexibility index (Phi) is 4.00. The number of anilines is 2. The minimum atomic E-state index is -0.00884. The Bertz CT molecular complexity index is 797. The van der Waals surface area contributed by atoms with Gasteiger partial charge in [-0.15, -0.1) is 10.2 Å². The number of nitrogens with one attached hydrogen (secondary N) is 1. The second kappa shape index (κ2) is 6.19. The van der Waals surface area contributed by atoms with Gasteiger partial charge in [-0.25, -0.2) is 4.98 Å². The number of fused-ring (bicyclic) bond motifs is 3. The van der Waals surface area contributed by atoms with Gasteiger partial charge in [0.25, 0.3) is 0 Å². The van der Waals surface area contributed by atoms with Gasteiger partial charge in [0.05, 0.1) is 17.8 Å².